The minimum Gasteiger partial charge on any atom is -0.322 e. The lowest BCUT2D eigenvalue weighted by atomic mass is 10.2. The minimum absolute atomic E-state index is 0.0590. The van der Waals surface area contributed by atoms with E-state index in [2.05, 4.69) is 10.4 Å². The number of aryl methyl sites for hydroxylation is 1. The summed E-state index contributed by atoms with van der Waals surface area (Å²) in [5, 5.41) is 6.97. The number of thioether (sulfide) groups is 1. The summed E-state index contributed by atoms with van der Waals surface area (Å²) < 4.78 is 1.75. The first kappa shape index (κ1) is 16.6. The molecule has 0 bridgehead atoms. The highest BCUT2D eigenvalue weighted by atomic mass is 32.2. The van der Waals surface area contributed by atoms with Gasteiger partial charge in [0.2, 0.25) is 5.91 Å². The fourth-order valence-corrected chi connectivity index (χ4v) is 3.46. The zero-order valence-corrected chi connectivity index (χ0v) is 14.0. The SMILES string of the molecule is CC/C=C(\C)C(=O)N1CSC[C@H]1C(=O)Nc1cnn(CC)c1. The highest BCUT2D eigenvalue weighted by Crippen LogP contribution is 2.24. The first-order valence-corrected chi connectivity index (χ1v) is 8.61. The molecule has 22 heavy (non-hydrogen) atoms. The van der Waals surface area contributed by atoms with Crippen molar-refractivity contribution in [2.45, 2.75) is 39.8 Å². The Labute approximate surface area is 134 Å². The van der Waals surface area contributed by atoms with Gasteiger partial charge < -0.3 is 10.2 Å². The molecule has 1 N–H and O–H groups in total. The van der Waals surface area contributed by atoms with Crippen LogP contribution >= 0.6 is 11.8 Å². The molecule has 2 heterocycles. The zero-order valence-electron chi connectivity index (χ0n) is 13.2. The van der Waals surface area contributed by atoms with Crippen molar-refractivity contribution in [2.75, 3.05) is 16.9 Å². The first-order chi connectivity index (χ1) is 10.6. The van der Waals surface area contributed by atoms with Crippen LogP contribution < -0.4 is 5.32 Å². The number of allylic oxidation sites excluding steroid dienone is 1. The predicted molar refractivity (Wildman–Crippen MR) is 88.5 cm³/mol. The first-order valence-electron chi connectivity index (χ1n) is 7.45. The molecule has 1 aromatic rings. The molecule has 0 saturated carbocycles. The van der Waals surface area contributed by atoms with E-state index in [1.54, 1.807) is 40.7 Å². The van der Waals surface area contributed by atoms with Gasteiger partial charge in [-0.25, -0.2) is 0 Å². The lowest BCUT2D eigenvalue weighted by Gasteiger charge is -2.23. The molecule has 2 amide bonds. The van der Waals surface area contributed by atoms with Crippen molar-refractivity contribution in [3.05, 3.63) is 24.0 Å². The molecular formula is C15H22N4O2S. The number of nitrogens with one attached hydrogen (secondary N) is 1. The molecule has 0 aromatic carbocycles. The third-order valence-electron chi connectivity index (χ3n) is 3.52. The number of rotatable bonds is 5. The Morgan fingerprint density at radius 2 is 2.27 bits per heavy atom. The van der Waals surface area contributed by atoms with Crippen LogP contribution in [0.15, 0.2) is 24.0 Å². The number of aromatic nitrogens is 2. The van der Waals surface area contributed by atoms with E-state index in [0.717, 1.165) is 13.0 Å². The summed E-state index contributed by atoms with van der Waals surface area (Å²) in [4.78, 5) is 26.5. The molecule has 0 radical (unpaired) electrons. The summed E-state index contributed by atoms with van der Waals surface area (Å²) in [5.41, 5.74) is 1.36. The summed E-state index contributed by atoms with van der Waals surface area (Å²) in [7, 11) is 0. The van der Waals surface area contributed by atoms with E-state index >= 15 is 0 Å². The monoisotopic (exact) mass is 322 g/mol. The summed E-state index contributed by atoms with van der Waals surface area (Å²) >= 11 is 1.60. The van der Waals surface area contributed by atoms with Crippen LogP contribution in [0.2, 0.25) is 0 Å². The van der Waals surface area contributed by atoms with Gasteiger partial charge >= 0.3 is 0 Å². The zero-order chi connectivity index (χ0) is 16.1. The fraction of sp³-hybridized carbons (Fsp3) is 0.533. The fourth-order valence-electron chi connectivity index (χ4n) is 2.31. The van der Waals surface area contributed by atoms with Gasteiger partial charge in [0, 0.05) is 24.1 Å². The molecule has 0 aliphatic carbocycles. The van der Waals surface area contributed by atoms with E-state index in [9.17, 15) is 9.59 Å². The number of amides is 2. The largest absolute Gasteiger partial charge is 0.322 e. The van der Waals surface area contributed by atoms with E-state index < -0.39 is 6.04 Å². The van der Waals surface area contributed by atoms with E-state index in [-0.39, 0.29) is 11.8 Å². The maximum absolute atomic E-state index is 12.4. The Bertz CT molecular complexity index is 582. The van der Waals surface area contributed by atoms with Gasteiger partial charge in [-0.05, 0) is 20.3 Å². The number of hydrogen-bond donors (Lipinski definition) is 1. The Hall–Kier alpha value is -1.76. The van der Waals surface area contributed by atoms with Crippen molar-refractivity contribution in [3.8, 4) is 0 Å². The van der Waals surface area contributed by atoms with Gasteiger partial charge in [-0.3, -0.25) is 14.3 Å². The van der Waals surface area contributed by atoms with Crippen LogP contribution in [0.1, 0.15) is 27.2 Å². The van der Waals surface area contributed by atoms with E-state index in [1.807, 2.05) is 19.9 Å². The van der Waals surface area contributed by atoms with Gasteiger partial charge in [0.15, 0.2) is 0 Å². The summed E-state index contributed by atoms with van der Waals surface area (Å²) in [6, 6.07) is -0.428. The predicted octanol–water partition coefficient (Wildman–Crippen LogP) is 2.10. The maximum atomic E-state index is 12.4. The molecular weight excluding hydrogens is 300 g/mol. The second-order valence-corrected chi connectivity index (χ2v) is 6.16. The molecule has 2 rings (SSSR count). The quantitative estimate of drug-likeness (QED) is 0.843. The molecule has 1 fully saturated rings. The van der Waals surface area contributed by atoms with Crippen LogP contribution in [0.4, 0.5) is 5.69 Å². The topological polar surface area (TPSA) is 67.2 Å². The third kappa shape index (κ3) is 3.71. The molecule has 6 nitrogen and oxygen atoms in total. The smallest absolute Gasteiger partial charge is 0.250 e. The molecule has 1 saturated heterocycles. The van der Waals surface area contributed by atoms with Crippen molar-refractivity contribution in [1.82, 2.24) is 14.7 Å². The van der Waals surface area contributed by atoms with Gasteiger partial charge in [0.25, 0.3) is 5.91 Å². The van der Waals surface area contributed by atoms with Crippen LogP contribution in [0.3, 0.4) is 0 Å². The number of nitrogens with zero attached hydrogens (tertiary/aromatic N) is 3. The molecule has 1 aromatic heterocycles. The van der Waals surface area contributed by atoms with Crippen LogP contribution in [-0.4, -0.2) is 44.2 Å². The second kappa shape index (κ2) is 7.49. The number of anilines is 1. The summed E-state index contributed by atoms with van der Waals surface area (Å²) in [6.07, 6.45) is 6.11. The summed E-state index contributed by atoms with van der Waals surface area (Å²) in [5.74, 6) is 0.966. The van der Waals surface area contributed by atoms with Crippen LogP contribution in [0.25, 0.3) is 0 Å². The molecule has 120 valence electrons. The van der Waals surface area contributed by atoms with Crippen molar-refractivity contribution in [3.63, 3.8) is 0 Å². The van der Waals surface area contributed by atoms with Crippen molar-refractivity contribution in [1.29, 1.82) is 0 Å². The van der Waals surface area contributed by atoms with Crippen molar-refractivity contribution in [2.24, 2.45) is 0 Å². The molecule has 0 spiro atoms. The standard InChI is InChI=1S/C15H22N4O2S/c1-4-6-11(3)15(21)19-10-22-9-13(19)14(20)17-12-7-16-18(5-2)8-12/h6-8,13H,4-5,9-10H2,1-3H3,(H,17,20)/b11-6+/t13-/m0/s1. The molecule has 1 aliphatic rings. The van der Waals surface area contributed by atoms with Crippen molar-refractivity contribution < 1.29 is 9.59 Å². The molecule has 0 unspecified atom stereocenters. The molecule has 1 aliphatic heterocycles. The van der Waals surface area contributed by atoms with E-state index in [0.29, 0.717) is 22.9 Å². The van der Waals surface area contributed by atoms with Gasteiger partial charge in [0.1, 0.15) is 6.04 Å². The summed E-state index contributed by atoms with van der Waals surface area (Å²) in [6.45, 7) is 6.52. The lowest BCUT2D eigenvalue weighted by molar-refractivity contribution is -0.133. The van der Waals surface area contributed by atoms with E-state index in [1.165, 1.54) is 0 Å². The molecule has 1 atom stereocenters. The highest BCUT2D eigenvalue weighted by Gasteiger charge is 2.35. The van der Waals surface area contributed by atoms with Gasteiger partial charge in [0.05, 0.1) is 17.8 Å². The average Bonchev–Trinajstić information content (AvgIpc) is 3.15. The number of hydrogen-bond acceptors (Lipinski definition) is 4. The Morgan fingerprint density at radius 1 is 1.50 bits per heavy atom. The highest BCUT2D eigenvalue weighted by molar-refractivity contribution is 7.99. The maximum Gasteiger partial charge on any atom is 0.250 e. The third-order valence-corrected chi connectivity index (χ3v) is 4.53. The van der Waals surface area contributed by atoms with Gasteiger partial charge in [-0.15, -0.1) is 11.8 Å². The van der Waals surface area contributed by atoms with Gasteiger partial charge in [-0.2, -0.15) is 5.10 Å². The van der Waals surface area contributed by atoms with Gasteiger partial charge in [-0.1, -0.05) is 13.0 Å². The minimum atomic E-state index is -0.428. The van der Waals surface area contributed by atoms with Crippen LogP contribution in [0.5, 0.6) is 0 Å². The van der Waals surface area contributed by atoms with Crippen molar-refractivity contribution >= 4 is 29.3 Å². The average molecular weight is 322 g/mol. The van der Waals surface area contributed by atoms with E-state index in [4.69, 9.17) is 0 Å². The van der Waals surface area contributed by atoms with Crippen LogP contribution in [0, 0.1) is 0 Å². The lowest BCUT2D eigenvalue weighted by Crippen LogP contribution is -2.44. The molecule has 7 heteroatoms. The second-order valence-electron chi connectivity index (χ2n) is 5.16. The number of carbonyl (C=O) groups excluding carboxylic acids is 2. The Morgan fingerprint density at radius 3 is 2.91 bits per heavy atom. The Balaban J connectivity index is 2.04. The number of carbonyl (C=O) groups is 2. The van der Waals surface area contributed by atoms with Crippen LogP contribution in [-0.2, 0) is 16.1 Å². The Kier molecular flexibility index (Phi) is 5.65. The normalized spacial score (nSPS) is 18.6.